The average Bonchev–Trinajstić information content (AvgIpc) is 3.41. The van der Waals surface area contributed by atoms with Crippen LogP contribution in [0.15, 0.2) is 66.0 Å². The van der Waals surface area contributed by atoms with Crippen molar-refractivity contribution >= 4 is 28.1 Å². The minimum absolute atomic E-state index is 0.120. The van der Waals surface area contributed by atoms with Gasteiger partial charge in [-0.25, -0.2) is 4.98 Å². The second kappa shape index (κ2) is 9.69. The molecule has 0 radical (unpaired) electrons. The number of hydrogen-bond donors (Lipinski definition) is 1. The Hall–Kier alpha value is -2.96. The molecule has 30 heavy (non-hydrogen) atoms. The maximum atomic E-state index is 12.5. The highest BCUT2D eigenvalue weighted by Gasteiger charge is 2.16. The Balaban J connectivity index is 1.44. The van der Waals surface area contributed by atoms with Crippen LogP contribution < -0.4 is 5.32 Å². The van der Waals surface area contributed by atoms with Crippen LogP contribution in [0, 0.1) is 0 Å². The molecule has 0 saturated carbocycles. The molecule has 2 aromatic heterocycles. The fourth-order valence-corrected chi connectivity index (χ4v) is 4.36. The Labute approximate surface area is 180 Å². The zero-order valence-corrected chi connectivity index (χ0v) is 17.8. The first-order valence-electron chi connectivity index (χ1n) is 10.1. The van der Waals surface area contributed by atoms with Crippen LogP contribution in [0.1, 0.15) is 22.5 Å². The molecule has 0 aliphatic heterocycles. The Morgan fingerprint density at radius 1 is 1.13 bits per heavy atom. The molecule has 5 nitrogen and oxygen atoms in total. The van der Waals surface area contributed by atoms with Gasteiger partial charge in [-0.3, -0.25) is 4.79 Å². The fraction of sp³-hybridized carbons (Fsp3) is 0.250. The largest absolute Gasteiger partial charge is 0.383 e. The predicted octanol–water partition coefficient (Wildman–Crippen LogP) is 4.77. The molecule has 0 spiro atoms. The number of carbonyl (C=O) groups excluding carboxylic acids is 1. The van der Waals surface area contributed by atoms with Crippen LogP contribution in [0.5, 0.6) is 0 Å². The summed E-state index contributed by atoms with van der Waals surface area (Å²) in [6.07, 6.45) is 1.85. The number of rotatable bonds is 9. The van der Waals surface area contributed by atoms with Crippen LogP contribution in [0.3, 0.4) is 0 Å². The van der Waals surface area contributed by atoms with Crippen LogP contribution in [0.25, 0.3) is 21.6 Å². The molecule has 154 valence electrons. The van der Waals surface area contributed by atoms with Crippen LogP contribution in [-0.2, 0) is 17.7 Å². The van der Waals surface area contributed by atoms with Gasteiger partial charge >= 0.3 is 0 Å². The summed E-state index contributed by atoms with van der Waals surface area (Å²) in [5.74, 6) is -0.120. The Morgan fingerprint density at radius 3 is 2.77 bits per heavy atom. The molecule has 0 atom stereocenters. The van der Waals surface area contributed by atoms with Gasteiger partial charge in [0.25, 0.3) is 5.91 Å². The number of methoxy groups -OCH3 is 1. The van der Waals surface area contributed by atoms with Gasteiger partial charge < -0.3 is 14.6 Å². The number of aromatic nitrogens is 2. The molecule has 0 unspecified atom stereocenters. The topological polar surface area (TPSA) is 56.2 Å². The molecule has 0 aliphatic carbocycles. The van der Waals surface area contributed by atoms with Crippen LogP contribution in [0.2, 0.25) is 0 Å². The number of benzene rings is 2. The standard InChI is InChI=1S/C24H25N3O2S/c1-29-15-14-27-21-12-6-5-11-19(21)16-22(27)24-26-20(17-30-24)23(28)25-13-7-10-18-8-3-2-4-9-18/h2-6,8-9,11-12,16-17H,7,10,13-15H2,1H3,(H,25,28). The van der Waals surface area contributed by atoms with Crippen molar-refractivity contribution in [3.8, 4) is 10.7 Å². The highest BCUT2D eigenvalue weighted by molar-refractivity contribution is 7.13. The van der Waals surface area contributed by atoms with E-state index < -0.39 is 0 Å². The summed E-state index contributed by atoms with van der Waals surface area (Å²) < 4.78 is 7.49. The first-order chi connectivity index (χ1) is 14.8. The summed E-state index contributed by atoms with van der Waals surface area (Å²) in [7, 11) is 1.70. The number of amides is 1. The SMILES string of the molecule is COCCn1c(-c2nc(C(=O)NCCCc3ccccc3)cs2)cc2ccccc21. The number of thiazole rings is 1. The summed E-state index contributed by atoms with van der Waals surface area (Å²) >= 11 is 1.50. The Bertz CT molecular complexity index is 1120. The zero-order chi connectivity index (χ0) is 20.8. The van der Waals surface area contributed by atoms with Crippen molar-refractivity contribution in [3.05, 3.63) is 77.3 Å². The van der Waals surface area contributed by atoms with Gasteiger partial charge in [0, 0.05) is 36.5 Å². The number of fused-ring (bicyclic) bond motifs is 1. The molecule has 1 amide bonds. The van der Waals surface area contributed by atoms with Gasteiger partial charge in [0.2, 0.25) is 0 Å². The summed E-state index contributed by atoms with van der Waals surface area (Å²) in [5, 5.41) is 6.82. The first kappa shape index (κ1) is 20.3. The number of nitrogens with zero attached hydrogens (tertiary/aromatic N) is 2. The number of aryl methyl sites for hydroxylation is 1. The highest BCUT2D eigenvalue weighted by atomic mass is 32.1. The molecule has 0 aliphatic rings. The Morgan fingerprint density at radius 2 is 1.93 bits per heavy atom. The average molecular weight is 420 g/mol. The summed E-state index contributed by atoms with van der Waals surface area (Å²) in [5.41, 5.74) is 3.91. The van der Waals surface area contributed by atoms with Crippen molar-refractivity contribution in [1.29, 1.82) is 0 Å². The number of hydrogen-bond acceptors (Lipinski definition) is 4. The normalized spacial score (nSPS) is 11.1. The van der Waals surface area contributed by atoms with E-state index >= 15 is 0 Å². The van der Waals surface area contributed by atoms with E-state index in [0.717, 1.165) is 41.0 Å². The van der Waals surface area contributed by atoms with E-state index in [4.69, 9.17) is 4.74 Å². The van der Waals surface area contributed by atoms with Crippen molar-refractivity contribution in [2.45, 2.75) is 19.4 Å². The van der Waals surface area contributed by atoms with Gasteiger partial charge in [0.05, 0.1) is 12.3 Å². The van der Waals surface area contributed by atoms with E-state index in [0.29, 0.717) is 18.8 Å². The predicted molar refractivity (Wildman–Crippen MR) is 122 cm³/mol. The van der Waals surface area contributed by atoms with Gasteiger partial charge in [-0.15, -0.1) is 11.3 Å². The molecule has 2 aromatic carbocycles. The third-order valence-corrected chi connectivity index (χ3v) is 5.92. The van der Waals surface area contributed by atoms with Crippen molar-refractivity contribution in [2.75, 3.05) is 20.3 Å². The first-order valence-corrected chi connectivity index (χ1v) is 11.0. The maximum Gasteiger partial charge on any atom is 0.270 e. The lowest BCUT2D eigenvalue weighted by molar-refractivity contribution is 0.0949. The van der Waals surface area contributed by atoms with Gasteiger partial charge in [-0.1, -0.05) is 48.5 Å². The molecule has 6 heteroatoms. The van der Waals surface area contributed by atoms with Gasteiger partial charge in [0.15, 0.2) is 0 Å². The smallest absolute Gasteiger partial charge is 0.270 e. The van der Waals surface area contributed by atoms with E-state index in [2.05, 4.69) is 45.2 Å². The van der Waals surface area contributed by atoms with E-state index in [1.165, 1.54) is 16.9 Å². The van der Waals surface area contributed by atoms with Crippen molar-refractivity contribution in [2.24, 2.45) is 0 Å². The second-order valence-corrected chi connectivity index (χ2v) is 7.97. The van der Waals surface area contributed by atoms with E-state index in [1.54, 1.807) is 7.11 Å². The number of nitrogens with one attached hydrogen (secondary N) is 1. The van der Waals surface area contributed by atoms with E-state index in [9.17, 15) is 4.79 Å². The lowest BCUT2D eigenvalue weighted by atomic mass is 10.1. The van der Waals surface area contributed by atoms with E-state index in [-0.39, 0.29) is 5.91 Å². The minimum Gasteiger partial charge on any atom is -0.383 e. The quantitative estimate of drug-likeness (QED) is 0.398. The van der Waals surface area contributed by atoms with Crippen LogP contribution in [0.4, 0.5) is 0 Å². The van der Waals surface area contributed by atoms with Crippen LogP contribution in [-0.4, -0.2) is 35.7 Å². The lowest BCUT2D eigenvalue weighted by Gasteiger charge is -2.08. The molecule has 0 bridgehead atoms. The molecular weight excluding hydrogens is 394 g/mol. The van der Waals surface area contributed by atoms with Gasteiger partial charge in [-0.2, -0.15) is 0 Å². The molecule has 2 heterocycles. The van der Waals surface area contributed by atoms with Gasteiger partial charge in [-0.05, 0) is 30.5 Å². The Kier molecular flexibility index (Phi) is 6.57. The summed E-state index contributed by atoms with van der Waals surface area (Å²) in [6, 6.07) is 20.7. The molecular formula is C24H25N3O2S. The summed E-state index contributed by atoms with van der Waals surface area (Å²) in [4.78, 5) is 17.2. The number of ether oxygens (including phenoxy) is 1. The van der Waals surface area contributed by atoms with Gasteiger partial charge in [0.1, 0.15) is 10.7 Å². The third kappa shape index (κ3) is 4.61. The molecule has 0 fully saturated rings. The van der Waals surface area contributed by atoms with Crippen molar-refractivity contribution in [1.82, 2.24) is 14.9 Å². The van der Waals surface area contributed by atoms with E-state index in [1.807, 2.05) is 35.7 Å². The third-order valence-electron chi connectivity index (χ3n) is 5.06. The highest BCUT2D eigenvalue weighted by Crippen LogP contribution is 2.30. The fourth-order valence-electron chi connectivity index (χ4n) is 3.54. The lowest BCUT2D eigenvalue weighted by Crippen LogP contribution is -2.25. The number of carbonyl (C=O) groups is 1. The minimum atomic E-state index is -0.120. The number of para-hydroxylation sites is 1. The molecule has 1 N–H and O–H groups in total. The molecule has 4 aromatic rings. The van der Waals surface area contributed by atoms with Crippen molar-refractivity contribution in [3.63, 3.8) is 0 Å². The maximum absolute atomic E-state index is 12.5. The summed E-state index contributed by atoms with van der Waals surface area (Å²) in [6.45, 7) is 1.99. The zero-order valence-electron chi connectivity index (χ0n) is 17.0. The molecule has 4 rings (SSSR count). The van der Waals surface area contributed by atoms with Crippen molar-refractivity contribution < 1.29 is 9.53 Å². The monoisotopic (exact) mass is 419 g/mol. The van der Waals surface area contributed by atoms with Crippen LogP contribution >= 0.6 is 11.3 Å². The second-order valence-electron chi connectivity index (χ2n) is 7.12. The molecule has 0 saturated heterocycles.